The van der Waals surface area contributed by atoms with Crippen molar-refractivity contribution in [1.29, 1.82) is 0 Å². The van der Waals surface area contributed by atoms with Crippen LogP contribution in [0.4, 0.5) is 5.69 Å². The van der Waals surface area contributed by atoms with Gasteiger partial charge in [0, 0.05) is 4.47 Å². The number of methoxy groups -OCH3 is 1. The van der Waals surface area contributed by atoms with Crippen LogP contribution in [0.2, 0.25) is 0 Å². The van der Waals surface area contributed by atoms with E-state index in [0.29, 0.717) is 29.4 Å². The van der Waals surface area contributed by atoms with Gasteiger partial charge in [0.15, 0.2) is 0 Å². The third kappa shape index (κ3) is 3.76. The second-order valence-electron chi connectivity index (χ2n) is 4.23. The van der Waals surface area contributed by atoms with E-state index >= 15 is 0 Å². The summed E-state index contributed by atoms with van der Waals surface area (Å²) in [5.74, 6) is 0.909. The predicted octanol–water partition coefficient (Wildman–Crippen LogP) is 4.11. The number of hydrogen-bond donors (Lipinski definition) is 1. The van der Waals surface area contributed by atoms with Gasteiger partial charge < -0.3 is 14.8 Å². The number of ether oxygens (including phenoxy) is 2. The molecule has 0 spiro atoms. The number of para-hydroxylation sites is 2. The summed E-state index contributed by atoms with van der Waals surface area (Å²) in [7, 11) is 1.53. The lowest BCUT2D eigenvalue weighted by atomic mass is 10.2. The van der Waals surface area contributed by atoms with E-state index in [9.17, 15) is 4.79 Å². The van der Waals surface area contributed by atoms with E-state index < -0.39 is 0 Å². The van der Waals surface area contributed by atoms with Gasteiger partial charge in [0.2, 0.25) is 0 Å². The quantitative estimate of drug-likeness (QED) is 0.883. The summed E-state index contributed by atoms with van der Waals surface area (Å²) in [5, 5.41) is 2.85. The SMILES string of the molecule is CCOc1ccccc1NC(=O)c1ccc(Br)cc1OC. The number of nitrogens with one attached hydrogen (secondary N) is 1. The number of hydrogen-bond acceptors (Lipinski definition) is 3. The molecule has 1 N–H and O–H groups in total. The molecule has 0 bridgehead atoms. The number of rotatable bonds is 5. The Bertz CT molecular complexity index is 643. The van der Waals surface area contributed by atoms with Crippen molar-refractivity contribution in [3.05, 3.63) is 52.5 Å². The largest absolute Gasteiger partial charge is 0.496 e. The minimum Gasteiger partial charge on any atom is -0.496 e. The van der Waals surface area contributed by atoms with E-state index in [0.717, 1.165) is 4.47 Å². The molecular formula is C16H16BrNO3. The van der Waals surface area contributed by atoms with E-state index in [1.165, 1.54) is 7.11 Å². The van der Waals surface area contributed by atoms with Crippen LogP contribution in [-0.4, -0.2) is 19.6 Å². The standard InChI is InChI=1S/C16H16BrNO3/c1-3-21-14-7-5-4-6-13(14)18-16(19)12-9-8-11(17)10-15(12)20-2/h4-10H,3H2,1-2H3,(H,18,19). The molecule has 0 aliphatic carbocycles. The zero-order valence-electron chi connectivity index (χ0n) is 11.9. The minimum atomic E-state index is -0.244. The second-order valence-corrected chi connectivity index (χ2v) is 5.14. The molecule has 0 radical (unpaired) electrons. The van der Waals surface area contributed by atoms with E-state index in [2.05, 4.69) is 21.2 Å². The molecule has 2 aromatic rings. The zero-order chi connectivity index (χ0) is 15.2. The topological polar surface area (TPSA) is 47.6 Å². The first-order valence-corrected chi connectivity index (χ1v) is 7.31. The third-order valence-electron chi connectivity index (χ3n) is 2.84. The lowest BCUT2D eigenvalue weighted by Gasteiger charge is -2.13. The van der Waals surface area contributed by atoms with Crippen LogP contribution >= 0.6 is 15.9 Å². The Labute approximate surface area is 132 Å². The van der Waals surface area contributed by atoms with Crippen LogP contribution in [-0.2, 0) is 0 Å². The smallest absolute Gasteiger partial charge is 0.259 e. The molecule has 2 aromatic carbocycles. The van der Waals surface area contributed by atoms with Crippen LogP contribution in [0.25, 0.3) is 0 Å². The van der Waals surface area contributed by atoms with Crippen molar-refractivity contribution in [2.75, 3.05) is 19.0 Å². The lowest BCUT2D eigenvalue weighted by Crippen LogP contribution is -2.14. The Morgan fingerprint density at radius 1 is 1.19 bits per heavy atom. The van der Waals surface area contributed by atoms with Crippen molar-refractivity contribution in [2.24, 2.45) is 0 Å². The number of carbonyl (C=O) groups is 1. The average Bonchev–Trinajstić information content (AvgIpc) is 2.49. The van der Waals surface area contributed by atoms with Gasteiger partial charge in [0.1, 0.15) is 11.5 Å². The van der Waals surface area contributed by atoms with E-state index in [1.807, 2.05) is 25.1 Å². The van der Waals surface area contributed by atoms with E-state index in [4.69, 9.17) is 9.47 Å². The van der Waals surface area contributed by atoms with Crippen molar-refractivity contribution < 1.29 is 14.3 Å². The summed E-state index contributed by atoms with van der Waals surface area (Å²) in [6, 6.07) is 12.6. The van der Waals surface area contributed by atoms with Crippen LogP contribution in [0.3, 0.4) is 0 Å². The molecule has 0 saturated heterocycles. The number of anilines is 1. The third-order valence-corrected chi connectivity index (χ3v) is 3.34. The Morgan fingerprint density at radius 2 is 1.95 bits per heavy atom. The van der Waals surface area contributed by atoms with Crippen LogP contribution in [0.15, 0.2) is 46.9 Å². The summed E-state index contributed by atoms with van der Waals surface area (Å²) >= 11 is 3.35. The van der Waals surface area contributed by atoms with Crippen LogP contribution < -0.4 is 14.8 Å². The molecule has 1 amide bonds. The maximum atomic E-state index is 12.4. The first-order valence-electron chi connectivity index (χ1n) is 6.52. The fourth-order valence-electron chi connectivity index (χ4n) is 1.89. The fraction of sp³-hybridized carbons (Fsp3) is 0.188. The van der Waals surface area contributed by atoms with Crippen LogP contribution in [0.1, 0.15) is 17.3 Å². The number of amides is 1. The summed E-state index contributed by atoms with van der Waals surface area (Å²) < 4.78 is 11.6. The van der Waals surface area contributed by atoms with Crippen molar-refractivity contribution in [3.63, 3.8) is 0 Å². The molecule has 21 heavy (non-hydrogen) atoms. The summed E-state index contributed by atoms with van der Waals surface area (Å²) in [5.41, 5.74) is 1.10. The molecule has 0 heterocycles. The van der Waals surface area contributed by atoms with Gasteiger partial charge in [-0.2, -0.15) is 0 Å². The zero-order valence-corrected chi connectivity index (χ0v) is 13.4. The van der Waals surface area contributed by atoms with Gasteiger partial charge in [-0.15, -0.1) is 0 Å². The molecule has 0 fully saturated rings. The van der Waals surface area contributed by atoms with Crippen molar-refractivity contribution in [1.82, 2.24) is 0 Å². The number of benzene rings is 2. The maximum absolute atomic E-state index is 12.4. The Kier molecular flexibility index (Phi) is 5.22. The maximum Gasteiger partial charge on any atom is 0.259 e. The number of carbonyl (C=O) groups excluding carboxylic acids is 1. The summed E-state index contributed by atoms with van der Waals surface area (Å²) in [6.07, 6.45) is 0. The Hall–Kier alpha value is -2.01. The first-order chi connectivity index (χ1) is 10.2. The van der Waals surface area contributed by atoms with Gasteiger partial charge in [-0.1, -0.05) is 28.1 Å². The highest BCUT2D eigenvalue weighted by atomic mass is 79.9. The lowest BCUT2D eigenvalue weighted by molar-refractivity contribution is 0.102. The molecule has 110 valence electrons. The van der Waals surface area contributed by atoms with Crippen LogP contribution in [0.5, 0.6) is 11.5 Å². The monoisotopic (exact) mass is 349 g/mol. The fourth-order valence-corrected chi connectivity index (χ4v) is 2.23. The molecular weight excluding hydrogens is 334 g/mol. The Morgan fingerprint density at radius 3 is 2.67 bits per heavy atom. The first kappa shape index (κ1) is 15.4. The molecule has 2 rings (SSSR count). The van der Waals surface area contributed by atoms with Crippen LogP contribution in [0, 0.1) is 0 Å². The molecule has 0 aliphatic heterocycles. The minimum absolute atomic E-state index is 0.244. The van der Waals surface area contributed by atoms with Gasteiger partial charge in [0.25, 0.3) is 5.91 Å². The normalized spacial score (nSPS) is 10.0. The summed E-state index contributed by atoms with van der Waals surface area (Å²) in [4.78, 5) is 12.4. The van der Waals surface area contributed by atoms with Crippen molar-refractivity contribution in [2.45, 2.75) is 6.92 Å². The van der Waals surface area contributed by atoms with Gasteiger partial charge in [0.05, 0.1) is 25.0 Å². The molecule has 0 unspecified atom stereocenters. The molecule has 0 aliphatic rings. The molecule has 5 heteroatoms. The Balaban J connectivity index is 2.26. The highest BCUT2D eigenvalue weighted by Crippen LogP contribution is 2.27. The highest BCUT2D eigenvalue weighted by molar-refractivity contribution is 9.10. The average molecular weight is 350 g/mol. The predicted molar refractivity (Wildman–Crippen MR) is 86.3 cm³/mol. The van der Waals surface area contributed by atoms with Crippen molar-refractivity contribution >= 4 is 27.5 Å². The van der Waals surface area contributed by atoms with Gasteiger partial charge in [-0.3, -0.25) is 4.79 Å². The van der Waals surface area contributed by atoms with E-state index in [1.54, 1.807) is 24.3 Å². The van der Waals surface area contributed by atoms with Gasteiger partial charge >= 0.3 is 0 Å². The molecule has 4 nitrogen and oxygen atoms in total. The van der Waals surface area contributed by atoms with Crippen molar-refractivity contribution in [3.8, 4) is 11.5 Å². The summed E-state index contributed by atoms with van der Waals surface area (Å²) in [6.45, 7) is 2.44. The second kappa shape index (κ2) is 7.13. The number of halogens is 1. The highest BCUT2D eigenvalue weighted by Gasteiger charge is 2.14. The molecule has 0 saturated carbocycles. The molecule has 0 aromatic heterocycles. The van der Waals surface area contributed by atoms with Gasteiger partial charge in [-0.05, 0) is 37.3 Å². The van der Waals surface area contributed by atoms with E-state index in [-0.39, 0.29) is 5.91 Å². The van der Waals surface area contributed by atoms with Gasteiger partial charge in [-0.25, -0.2) is 0 Å². The molecule has 0 atom stereocenters.